The van der Waals surface area contributed by atoms with Crippen LogP contribution in [0, 0.1) is 6.92 Å². The molecule has 0 aliphatic heterocycles. The van der Waals surface area contributed by atoms with E-state index in [4.69, 9.17) is 23.1 Å². The highest BCUT2D eigenvalue weighted by molar-refractivity contribution is 8.02. The third kappa shape index (κ3) is 8.43. The van der Waals surface area contributed by atoms with Crippen LogP contribution in [0.15, 0.2) is 27.6 Å². The summed E-state index contributed by atoms with van der Waals surface area (Å²) in [6, 6.07) is 2.23. The van der Waals surface area contributed by atoms with Crippen LogP contribution in [0.2, 0.25) is 5.02 Å². The lowest BCUT2D eigenvalue weighted by atomic mass is 10.0. The third-order valence-electron chi connectivity index (χ3n) is 3.62. The first-order valence-corrected chi connectivity index (χ1v) is 10.9. The molecule has 1 aromatic heterocycles. The molecule has 2 aromatic rings. The SMILES string of the molecule is Cc1cc(/C(CC(Sc2nnc(NC(=O)NNC(N)=O)s2)C(=O)O)=N\NC(N)=O)ccc1Cl. The summed E-state index contributed by atoms with van der Waals surface area (Å²) in [6.07, 6.45) is -0.118. The number of hydrogen-bond acceptors (Lipinski definition) is 9. The molecule has 0 fully saturated rings. The van der Waals surface area contributed by atoms with Crippen molar-refractivity contribution >= 4 is 69.6 Å². The Labute approximate surface area is 199 Å². The zero-order valence-electron chi connectivity index (χ0n) is 16.8. The van der Waals surface area contributed by atoms with E-state index in [9.17, 15) is 24.3 Å². The van der Waals surface area contributed by atoms with Crippen LogP contribution >= 0.6 is 34.7 Å². The highest BCUT2D eigenvalue weighted by Gasteiger charge is 2.25. The lowest BCUT2D eigenvalue weighted by molar-refractivity contribution is -0.136. The second-order valence-electron chi connectivity index (χ2n) is 6.09. The monoisotopic (exact) mass is 515 g/mol. The smallest absolute Gasteiger partial charge is 0.339 e. The van der Waals surface area contributed by atoms with Crippen molar-refractivity contribution in [3.05, 3.63) is 34.3 Å². The zero-order chi connectivity index (χ0) is 24.5. The Kier molecular flexibility index (Phi) is 9.19. The van der Waals surface area contributed by atoms with Gasteiger partial charge in [-0.1, -0.05) is 40.8 Å². The number of carboxylic acids is 1. The molecule has 1 atom stereocenters. The number of nitrogens with zero attached hydrogens (tertiary/aromatic N) is 3. The molecule has 0 aliphatic carbocycles. The summed E-state index contributed by atoms with van der Waals surface area (Å²) in [5.74, 6) is -1.18. The Bertz CT molecular complexity index is 1090. The first kappa shape index (κ1) is 25.6. The maximum atomic E-state index is 11.9. The average molecular weight is 516 g/mol. The molecule has 0 radical (unpaired) electrons. The van der Waals surface area contributed by atoms with E-state index >= 15 is 0 Å². The molecule has 0 bridgehead atoms. The molecule has 176 valence electrons. The van der Waals surface area contributed by atoms with Gasteiger partial charge < -0.3 is 16.6 Å². The number of aryl methyl sites for hydroxylation is 1. The normalized spacial score (nSPS) is 11.9. The number of carbonyl (C=O) groups excluding carboxylic acids is 3. The summed E-state index contributed by atoms with van der Waals surface area (Å²) in [5, 5.41) is 23.0. The molecule has 0 aliphatic rings. The number of urea groups is 3. The van der Waals surface area contributed by atoms with Gasteiger partial charge in [0.15, 0.2) is 4.34 Å². The standard InChI is InChI=1S/C16H18ClN9O5S2/c1-6-4-7(2-3-8(6)17)9(21-22-12(18)29)5-10(11(27)28)32-16-26-25-15(33-16)20-14(31)24-23-13(19)30/h2-4,10H,5H2,1H3,(H,27,28)(H3,18,22,29)(H3,19,23,30)(H2,20,24,25,31)/b21-9-. The number of benzene rings is 1. The van der Waals surface area contributed by atoms with Crippen LogP contribution in [-0.2, 0) is 4.79 Å². The number of primary amides is 2. The number of aliphatic carboxylic acids is 1. The van der Waals surface area contributed by atoms with Crippen LogP contribution in [0.1, 0.15) is 17.5 Å². The number of hydrazine groups is 1. The van der Waals surface area contributed by atoms with E-state index in [0.717, 1.165) is 28.7 Å². The number of rotatable bonds is 8. The van der Waals surface area contributed by atoms with Crippen LogP contribution < -0.4 is 33.1 Å². The van der Waals surface area contributed by atoms with Crippen molar-refractivity contribution < 1.29 is 24.3 Å². The number of hydrogen-bond donors (Lipinski definition) is 7. The van der Waals surface area contributed by atoms with Gasteiger partial charge in [-0.2, -0.15) is 5.10 Å². The summed E-state index contributed by atoms with van der Waals surface area (Å²) in [7, 11) is 0. The van der Waals surface area contributed by atoms with Crippen molar-refractivity contribution in [1.29, 1.82) is 0 Å². The summed E-state index contributed by atoms with van der Waals surface area (Å²) in [4.78, 5) is 45.2. The minimum absolute atomic E-state index is 0.0445. The number of nitrogens with two attached hydrogens (primary N) is 2. The third-order valence-corrected chi connectivity index (χ3v) is 6.15. The van der Waals surface area contributed by atoms with Gasteiger partial charge >= 0.3 is 24.1 Å². The Balaban J connectivity index is 2.16. The fourth-order valence-electron chi connectivity index (χ4n) is 2.21. The van der Waals surface area contributed by atoms with Crippen LogP contribution in [0.25, 0.3) is 0 Å². The minimum Gasteiger partial charge on any atom is -0.480 e. The van der Waals surface area contributed by atoms with Gasteiger partial charge in [-0.3, -0.25) is 10.1 Å². The molecule has 33 heavy (non-hydrogen) atoms. The molecule has 0 spiro atoms. The average Bonchev–Trinajstić information content (AvgIpc) is 3.17. The van der Waals surface area contributed by atoms with Gasteiger partial charge in [0.1, 0.15) is 5.25 Å². The van der Waals surface area contributed by atoms with E-state index in [0.29, 0.717) is 10.6 Å². The molecule has 14 nitrogen and oxygen atoms in total. The molecule has 6 amide bonds. The van der Waals surface area contributed by atoms with Crippen LogP contribution in [0.5, 0.6) is 0 Å². The molecule has 0 saturated carbocycles. The fourth-order valence-corrected chi connectivity index (χ4v) is 4.25. The molecule has 0 saturated heterocycles. The van der Waals surface area contributed by atoms with Crippen LogP contribution in [0.4, 0.5) is 19.5 Å². The van der Waals surface area contributed by atoms with Gasteiger partial charge in [0, 0.05) is 11.4 Å². The van der Waals surface area contributed by atoms with Crippen LogP contribution in [0.3, 0.4) is 0 Å². The molecule has 1 unspecified atom stereocenters. The van der Waals surface area contributed by atoms with Gasteiger partial charge in [-0.05, 0) is 30.2 Å². The van der Waals surface area contributed by atoms with E-state index in [1.165, 1.54) is 0 Å². The number of nitrogens with one attached hydrogen (secondary N) is 4. The number of carboxylic acid groups (broad SMARTS) is 1. The van der Waals surface area contributed by atoms with Crippen molar-refractivity contribution in [3.8, 4) is 0 Å². The van der Waals surface area contributed by atoms with Gasteiger partial charge in [0.2, 0.25) is 5.13 Å². The van der Waals surface area contributed by atoms with Gasteiger partial charge in [0.25, 0.3) is 0 Å². The van der Waals surface area contributed by atoms with Crippen molar-refractivity contribution in [1.82, 2.24) is 26.5 Å². The zero-order valence-corrected chi connectivity index (χ0v) is 19.2. The van der Waals surface area contributed by atoms with Gasteiger partial charge in [0.05, 0.1) is 5.71 Å². The molecule has 1 aromatic carbocycles. The van der Waals surface area contributed by atoms with Crippen molar-refractivity contribution in [2.24, 2.45) is 16.6 Å². The number of halogens is 1. The van der Waals surface area contributed by atoms with Crippen molar-refractivity contribution in [2.45, 2.75) is 22.9 Å². The minimum atomic E-state index is -1.18. The molecular weight excluding hydrogens is 498 g/mol. The number of thioether (sulfide) groups is 1. The van der Waals surface area contributed by atoms with Gasteiger partial charge in [-0.15, -0.1) is 10.2 Å². The maximum absolute atomic E-state index is 11.9. The first-order valence-electron chi connectivity index (χ1n) is 8.79. The van der Waals surface area contributed by atoms with Crippen molar-refractivity contribution in [2.75, 3.05) is 5.32 Å². The predicted octanol–water partition coefficient (Wildman–Crippen LogP) is 1.21. The molecule has 2 rings (SSSR count). The summed E-state index contributed by atoms with van der Waals surface area (Å²) in [6.45, 7) is 1.76. The summed E-state index contributed by atoms with van der Waals surface area (Å²) < 4.78 is 0.232. The molecule has 9 N–H and O–H groups in total. The highest BCUT2D eigenvalue weighted by Crippen LogP contribution is 2.31. The number of carbonyl (C=O) groups is 4. The van der Waals surface area contributed by atoms with Crippen LogP contribution in [-0.4, -0.2) is 50.3 Å². The quantitative estimate of drug-likeness (QED) is 0.117. The first-order chi connectivity index (χ1) is 15.5. The Morgan fingerprint density at radius 1 is 1.21 bits per heavy atom. The van der Waals surface area contributed by atoms with E-state index in [-0.39, 0.29) is 21.6 Å². The lowest BCUT2D eigenvalue weighted by Gasteiger charge is -2.13. The number of anilines is 1. The van der Waals surface area contributed by atoms with Gasteiger partial charge in [-0.25, -0.2) is 30.7 Å². The number of aromatic nitrogens is 2. The van der Waals surface area contributed by atoms with Crippen molar-refractivity contribution in [3.63, 3.8) is 0 Å². The Morgan fingerprint density at radius 2 is 1.94 bits per heavy atom. The summed E-state index contributed by atoms with van der Waals surface area (Å²) in [5.41, 5.74) is 17.4. The Hall–Kier alpha value is -3.63. The maximum Gasteiger partial charge on any atom is 0.339 e. The molecular formula is C16H18ClN9O5S2. The summed E-state index contributed by atoms with van der Waals surface area (Å²) >= 11 is 7.81. The Morgan fingerprint density at radius 3 is 2.55 bits per heavy atom. The topological polar surface area (TPSA) is 227 Å². The fraction of sp³-hybridized carbons (Fsp3) is 0.188. The predicted molar refractivity (Wildman–Crippen MR) is 122 cm³/mol. The van der Waals surface area contributed by atoms with E-state index < -0.39 is 29.3 Å². The van der Waals surface area contributed by atoms with E-state index in [1.54, 1.807) is 25.1 Å². The largest absolute Gasteiger partial charge is 0.480 e. The highest BCUT2D eigenvalue weighted by atomic mass is 35.5. The second-order valence-corrected chi connectivity index (χ2v) is 8.92. The van der Waals surface area contributed by atoms with E-state index in [1.807, 2.05) is 10.9 Å². The number of amides is 6. The number of hydrazone groups is 1. The second kappa shape index (κ2) is 11.8. The molecule has 1 heterocycles. The van der Waals surface area contributed by atoms with E-state index in [2.05, 4.69) is 26.0 Å². The lowest BCUT2D eigenvalue weighted by Crippen LogP contribution is -2.46. The molecule has 17 heteroatoms.